The summed E-state index contributed by atoms with van der Waals surface area (Å²) in [6.07, 6.45) is -0.210. The molecule has 2 aromatic heterocycles. The van der Waals surface area contributed by atoms with Gasteiger partial charge in [-0.15, -0.1) is 48.1 Å². The van der Waals surface area contributed by atoms with Gasteiger partial charge in [0.25, 0.3) is 0 Å². The number of aromatic nitrogens is 2. The van der Waals surface area contributed by atoms with Gasteiger partial charge in [-0.3, -0.25) is 0 Å². The van der Waals surface area contributed by atoms with Crippen LogP contribution in [0, 0.1) is 18.8 Å². The number of nitrogens with zero attached hydrogens (tertiary/aromatic N) is 4. The van der Waals surface area contributed by atoms with E-state index >= 15 is 0 Å². The first-order valence-electron chi connectivity index (χ1n) is 26.0. The molecule has 0 N–H and O–H groups in total. The maximum absolute atomic E-state index is 9.36. The Bertz CT molecular complexity index is 3660. The van der Waals surface area contributed by atoms with Gasteiger partial charge in [0.05, 0.1) is 11.0 Å². The summed E-state index contributed by atoms with van der Waals surface area (Å²) in [6.45, 7) is 20.9. The van der Waals surface area contributed by atoms with E-state index in [1.165, 1.54) is 0 Å². The predicted molar refractivity (Wildman–Crippen MR) is 271 cm³/mol. The maximum Gasteiger partial charge on any atom is 0.135 e. The Balaban J connectivity index is 0.00000672. The number of para-hydroxylation sites is 4. The summed E-state index contributed by atoms with van der Waals surface area (Å²) in [7, 11) is 0. The summed E-state index contributed by atoms with van der Waals surface area (Å²) in [5.41, 5.74) is 8.32. The van der Waals surface area contributed by atoms with E-state index in [2.05, 4.69) is 76.9 Å². The Hall–Kier alpha value is -6.42. The van der Waals surface area contributed by atoms with Gasteiger partial charge in [0.1, 0.15) is 5.82 Å². The summed E-state index contributed by atoms with van der Waals surface area (Å²) in [6, 6.07) is 42.7. The molecule has 1 aliphatic heterocycles. The fourth-order valence-corrected chi connectivity index (χ4v) is 8.45. The molecule has 0 unspecified atom stereocenters. The van der Waals surface area contributed by atoms with Crippen LogP contribution < -0.4 is 14.5 Å². The molecule has 0 aliphatic carbocycles. The quantitative estimate of drug-likeness (QED) is 0.149. The molecule has 0 saturated carbocycles. The normalized spacial score (nSPS) is 14.7. The van der Waals surface area contributed by atoms with Crippen molar-refractivity contribution in [1.29, 1.82) is 0 Å². The molecule has 0 amide bonds. The van der Waals surface area contributed by atoms with Crippen LogP contribution in [0.25, 0.3) is 49.9 Å². The van der Waals surface area contributed by atoms with Gasteiger partial charge in [0, 0.05) is 72.4 Å². The minimum atomic E-state index is -0.589. The first kappa shape index (κ1) is 35.8. The van der Waals surface area contributed by atoms with Crippen molar-refractivity contribution in [2.75, 3.05) is 9.80 Å². The molecule has 6 heteroatoms. The van der Waals surface area contributed by atoms with Crippen molar-refractivity contribution >= 4 is 44.6 Å². The minimum absolute atomic E-state index is 0. The predicted octanol–water partition coefficient (Wildman–Crippen LogP) is 16.2. The van der Waals surface area contributed by atoms with Crippen LogP contribution in [-0.4, -0.2) is 9.55 Å². The Kier molecular flexibility index (Phi) is 9.27. The maximum atomic E-state index is 9.36. The molecule has 5 nitrogen and oxygen atoms in total. The van der Waals surface area contributed by atoms with Gasteiger partial charge >= 0.3 is 0 Å². The molecule has 334 valence electrons. The summed E-state index contributed by atoms with van der Waals surface area (Å²) in [5, 5.41) is 1.77. The number of ether oxygens (including phenoxy) is 1. The van der Waals surface area contributed by atoms with Crippen LogP contribution in [0.15, 0.2) is 164 Å². The topological polar surface area (TPSA) is 33.5 Å². The largest absolute Gasteiger partial charge is 0.509 e. The zero-order chi connectivity index (χ0) is 52.2. The van der Waals surface area contributed by atoms with E-state index in [0.29, 0.717) is 39.5 Å². The third-order valence-electron chi connectivity index (χ3n) is 12.0. The standard InChI is InChI=1S/C60H55N4O.Pt/c1-58(2,3)42-31-32-61-56(36-42)64-52-26-14-13-23-50(52)51-30-29-47(38-55(51)64)65-46-22-17-21-45(37-46)62-39-63(54-28-16-15-27-53(54)62)57-48(40-19-11-10-12-20-40)24-18-25-49(57)41-33-43(59(4,5)6)35-44(34-41)60(7,8)9;/h10-36,39H,1-9H3;/q-3;/i10D,11D,12D,19D,20D,31D,32D,36D;. The molecule has 0 saturated heterocycles. The van der Waals surface area contributed by atoms with E-state index in [-0.39, 0.29) is 73.6 Å². The van der Waals surface area contributed by atoms with Gasteiger partial charge in [0.15, 0.2) is 0 Å². The first-order chi connectivity index (χ1) is 34.4. The van der Waals surface area contributed by atoms with Crippen LogP contribution >= 0.6 is 0 Å². The Morgan fingerprint density at radius 3 is 1.89 bits per heavy atom. The molecule has 0 spiro atoms. The van der Waals surface area contributed by atoms with Gasteiger partial charge in [-0.25, -0.2) is 4.98 Å². The Morgan fingerprint density at radius 1 is 0.576 bits per heavy atom. The molecular formula is C60H55N4OPt-3. The summed E-state index contributed by atoms with van der Waals surface area (Å²) in [5.74, 6) is 1.02. The molecule has 10 rings (SSSR count). The van der Waals surface area contributed by atoms with Gasteiger partial charge in [0.2, 0.25) is 0 Å². The number of anilines is 4. The molecule has 0 atom stereocenters. The van der Waals surface area contributed by atoms with Gasteiger partial charge < -0.3 is 19.1 Å². The van der Waals surface area contributed by atoms with Crippen molar-refractivity contribution in [2.24, 2.45) is 0 Å². The van der Waals surface area contributed by atoms with Gasteiger partial charge in [-0.1, -0.05) is 165 Å². The molecular weight excluding hydrogens is 988 g/mol. The second-order valence-electron chi connectivity index (χ2n) is 19.7. The SMILES string of the molecule is [2H]c1nc(-n2c3[c-]c(Oc4[c-]c(N5[CH-]N(c6c(-c7cc(C(C)(C)C)cc(C(C)(C)C)c7)cccc6-c6c([2H])c([2H])c([2H])c([2H])c6[2H])c6ccccc65)ccc4)ccc3c3ccccc32)c([2H])c(C(C)(C)C)c1[2H].[Pt]. The zero-order valence-corrected chi connectivity index (χ0v) is 40.8. The molecule has 0 radical (unpaired) electrons. The van der Waals surface area contributed by atoms with Crippen LogP contribution in [0.3, 0.4) is 0 Å². The van der Waals surface area contributed by atoms with Crippen LogP contribution in [0.1, 0.15) is 90.0 Å². The third-order valence-corrected chi connectivity index (χ3v) is 12.0. The number of rotatable bonds is 7. The van der Waals surface area contributed by atoms with E-state index in [9.17, 15) is 4.11 Å². The van der Waals surface area contributed by atoms with Crippen molar-refractivity contribution in [3.8, 4) is 39.6 Å². The Morgan fingerprint density at radius 2 is 1.20 bits per heavy atom. The molecule has 3 heterocycles. The van der Waals surface area contributed by atoms with Crippen molar-refractivity contribution in [1.82, 2.24) is 9.55 Å². The minimum Gasteiger partial charge on any atom is -0.509 e. The van der Waals surface area contributed by atoms with Crippen LogP contribution in [-0.2, 0) is 37.3 Å². The third kappa shape index (κ3) is 8.35. The van der Waals surface area contributed by atoms with Crippen molar-refractivity contribution in [3.63, 3.8) is 0 Å². The summed E-state index contributed by atoms with van der Waals surface area (Å²) < 4.78 is 79.5. The molecule has 0 fully saturated rings. The average Bonchev–Trinajstić information content (AvgIpc) is 3.89. The second kappa shape index (κ2) is 17.1. The van der Waals surface area contributed by atoms with Crippen molar-refractivity contribution in [2.45, 2.75) is 78.6 Å². The zero-order valence-electron chi connectivity index (χ0n) is 46.6. The number of benzene rings is 7. The van der Waals surface area contributed by atoms with Crippen LogP contribution in [0.5, 0.6) is 11.5 Å². The first-order valence-corrected chi connectivity index (χ1v) is 22.0. The monoisotopic (exact) mass is 1050 g/mol. The summed E-state index contributed by atoms with van der Waals surface area (Å²) >= 11 is 0. The van der Waals surface area contributed by atoms with E-state index < -0.39 is 23.5 Å². The van der Waals surface area contributed by atoms with Crippen molar-refractivity contribution < 1.29 is 36.8 Å². The molecule has 66 heavy (non-hydrogen) atoms. The number of fused-ring (bicyclic) bond motifs is 4. The van der Waals surface area contributed by atoms with E-state index in [4.69, 9.17) is 11.6 Å². The van der Waals surface area contributed by atoms with Crippen LogP contribution in [0.2, 0.25) is 0 Å². The number of hydrogen-bond donors (Lipinski definition) is 0. The van der Waals surface area contributed by atoms with E-state index in [1.807, 2.05) is 139 Å². The van der Waals surface area contributed by atoms with Gasteiger partial charge in [-0.05, 0) is 79.7 Å². The van der Waals surface area contributed by atoms with E-state index in [0.717, 1.165) is 49.9 Å². The van der Waals surface area contributed by atoms with Crippen LogP contribution in [0.4, 0.5) is 22.7 Å². The summed E-state index contributed by atoms with van der Waals surface area (Å²) in [4.78, 5) is 8.57. The second-order valence-corrected chi connectivity index (χ2v) is 19.7. The molecule has 1 aliphatic rings. The van der Waals surface area contributed by atoms with Gasteiger partial charge in [-0.2, -0.15) is 12.1 Å². The average molecular weight is 1050 g/mol. The van der Waals surface area contributed by atoms with E-state index in [1.54, 1.807) is 0 Å². The fourth-order valence-electron chi connectivity index (χ4n) is 8.45. The smallest absolute Gasteiger partial charge is 0.135 e. The number of hydrogen-bond acceptors (Lipinski definition) is 4. The Labute approximate surface area is 416 Å². The molecule has 0 bridgehead atoms. The fraction of sp³-hybridized carbons (Fsp3) is 0.200. The molecule has 7 aromatic carbocycles. The number of pyridine rings is 1. The molecule has 9 aromatic rings. The van der Waals surface area contributed by atoms with Crippen molar-refractivity contribution in [3.05, 3.63) is 199 Å².